The Kier molecular flexibility index (Phi) is 6.88. The molecule has 0 bridgehead atoms. The van der Waals surface area contributed by atoms with Crippen molar-refractivity contribution in [1.82, 2.24) is 4.90 Å². The van der Waals surface area contributed by atoms with E-state index in [0.29, 0.717) is 42.0 Å². The number of carbonyl (C=O) groups excluding carboxylic acids is 1. The smallest absolute Gasteiger partial charge is 0.238 e. The number of carbonyl (C=O) groups is 1. The van der Waals surface area contributed by atoms with Crippen molar-refractivity contribution in [2.45, 2.75) is 17.9 Å². The summed E-state index contributed by atoms with van der Waals surface area (Å²) in [6.07, 6.45) is 2.87. The third-order valence-corrected chi connectivity index (χ3v) is 5.19. The average molecular weight is 407 g/mol. The monoisotopic (exact) mass is 406 g/mol. The first-order valence-electron chi connectivity index (χ1n) is 8.75. The van der Waals surface area contributed by atoms with Gasteiger partial charge in [-0.15, -0.1) is 11.8 Å². The minimum absolute atomic E-state index is 0.130. The average Bonchev–Trinajstić information content (AvgIpc) is 2.87. The zero-order valence-electron chi connectivity index (χ0n) is 15.5. The number of rotatable bonds is 6. The first-order valence-corrected chi connectivity index (χ1v) is 10.4. The van der Waals surface area contributed by atoms with Crippen LogP contribution in [0.5, 0.6) is 11.5 Å². The fourth-order valence-corrected chi connectivity index (χ4v) is 3.42. The summed E-state index contributed by atoms with van der Waals surface area (Å²) >= 11 is 8.00. The lowest BCUT2D eigenvalue weighted by Gasteiger charge is -2.17. The summed E-state index contributed by atoms with van der Waals surface area (Å²) in [5.74, 6) is 1.09. The third-order valence-electron chi connectivity index (χ3n) is 4.14. The van der Waals surface area contributed by atoms with Gasteiger partial charge in [0.15, 0.2) is 11.5 Å². The van der Waals surface area contributed by atoms with Crippen molar-refractivity contribution in [2.75, 3.05) is 38.4 Å². The van der Waals surface area contributed by atoms with Crippen LogP contribution < -0.4 is 14.8 Å². The molecular weight excluding hydrogens is 384 g/mol. The van der Waals surface area contributed by atoms with Gasteiger partial charge in [-0.2, -0.15) is 0 Å². The maximum absolute atomic E-state index is 12.4. The molecule has 1 heterocycles. The fraction of sp³-hybridized carbons (Fsp3) is 0.350. The van der Waals surface area contributed by atoms with Gasteiger partial charge in [0.2, 0.25) is 5.91 Å². The van der Waals surface area contributed by atoms with Crippen LogP contribution in [0.1, 0.15) is 12.0 Å². The van der Waals surface area contributed by atoms with Crippen LogP contribution in [-0.4, -0.2) is 43.9 Å². The van der Waals surface area contributed by atoms with Crippen molar-refractivity contribution < 1.29 is 14.3 Å². The molecule has 1 aliphatic rings. The van der Waals surface area contributed by atoms with Crippen molar-refractivity contribution in [3.05, 3.63) is 47.0 Å². The van der Waals surface area contributed by atoms with Gasteiger partial charge in [0.05, 0.1) is 30.5 Å². The third kappa shape index (κ3) is 5.54. The first kappa shape index (κ1) is 19.9. The second-order valence-corrected chi connectivity index (χ2v) is 7.68. The SMILES string of the molecule is CSc1ccc(CN(C)CC(=O)Nc2cc3c(cc2Cl)OCCCO3)cc1. The predicted molar refractivity (Wildman–Crippen MR) is 110 cm³/mol. The number of fused-ring (bicyclic) bond motifs is 1. The quantitative estimate of drug-likeness (QED) is 0.725. The van der Waals surface area contributed by atoms with Crippen LogP contribution in [0.4, 0.5) is 5.69 Å². The number of thioether (sulfide) groups is 1. The van der Waals surface area contributed by atoms with E-state index < -0.39 is 0 Å². The van der Waals surface area contributed by atoms with Crippen LogP contribution in [0.2, 0.25) is 5.02 Å². The topological polar surface area (TPSA) is 50.8 Å². The molecule has 7 heteroatoms. The number of nitrogens with zero attached hydrogens (tertiary/aromatic N) is 1. The van der Waals surface area contributed by atoms with Gasteiger partial charge in [-0.25, -0.2) is 0 Å². The van der Waals surface area contributed by atoms with Gasteiger partial charge in [0.25, 0.3) is 0 Å². The molecule has 0 radical (unpaired) electrons. The highest BCUT2D eigenvalue weighted by atomic mass is 35.5. The first-order chi connectivity index (χ1) is 13.0. The molecule has 0 saturated heterocycles. The fourth-order valence-electron chi connectivity index (χ4n) is 2.81. The van der Waals surface area contributed by atoms with Crippen LogP contribution in [-0.2, 0) is 11.3 Å². The lowest BCUT2D eigenvalue weighted by Crippen LogP contribution is -2.29. The van der Waals surface area contributed by atoms with E-state index in [9.17, 15) is 4.79 Å². The van der Waals surface area contributed by atoms with Gasteiger partial charge in [-0.05, 0) is 31.0 Å². The van der Waals surface area contributed by atoms with Crippen molar-refractivity contribution >= 4 is 35.0 Å². The molecule has 0 aliphatic carbocycles. The van der Waals surface area contributed by atoms with Crippen LogP contribution in [0, 0.1) is 0 Å². The molecule has 3 rings (SSSR count). The number of benzene rings is 2. The Morgan fingerprint density at radius 3 is 2.52 bits per heavy atom. The minimum Gasteiger partial charge on any atom is -0.490 e. The highest BCUT2D eigenvalue weighted by Gasteiger charge is 2.16. The summed E-state index contributed by atoms with van der Waals surface area (Å²) in [7, 11) is 1.91. The molecule has 0 saturated carbocycles. The van der Waals surface area contributed by atoms with E-state index in [0.717, 1.165) is 12.0 Å². The maximum Gasteiger partial charge on any atom is 0.238 e. The number of amides is 1. The van der Waals surface area contributed by atoms with Gasteiger partial charge in [0.1, 0.15) is 0 Å². The Labute approximate surface area is 169 Å². The van der Waals surface area contributed by atoms with Gasteiger partial charge in [-0.1, -0.05) is 23.7 Å². The summed E-state index contributed by atoms with van der Waals surface area (Å²) in [4.78, 5) is 15.6. The zero-order valence-corrected chi connectivity index (χ0v) is 17.0. The van der Waals surface area contributed by atoms with Crippen molar-refractivity contribution in [2.24, 2.45) is 0 Å². The molecule has 2 aromatic rings. The van der Waals surface area contributed by atoms with E-state index in [1.54, 1.807) is 23.9 Å². The summed E-state index contributed by atoms with van der Waals surface area (Å²) in [5.41, 5.74) is 1.69. The maximum atomic E-state index is 12.4. The number of anilines is 1. The van der Waals surface area contributed by atoms with Crippen molar-refractivity contribution in [3.8, 4) is 11.5 Å². The number of ether oxygens (including phenoxy) is 2. The molecule has 27 heavy (non-hydrogen) atoms. The number of hydrogen-bond acceptors (Lipinski definition) is 5. The van der Waals surface area contributed by atoms with Gasteiger partial charge in [0, 0.05) is 30.0 Å². The highest BCUT2D eigenvalue weighted by Crippen LogP contribution is 2.37. The Morgan fingerprint density at radius 2 is 1.85 bits per heavy atom. The van der Waals surface area contributed by atoms with E-state index in [1.807, 2.05) is 11.9 Å². The van der Waals surface area contributed by atoms with Crippen LogP contribution in [0.15, 0.2) is 41.3 Å². The summed E-state index contributed by atoms with van der Waals surface area (Å²) in [6.45, 7) is 2.13. The van der Waals surface area contributed by atoms with Gasteiger partial charge in [-0.3, -0.25) is 9.69 Å². The van der Waals surface area contributed by atoms with E-state index in [2.05, 4.69) is 35.8 Å². The Morgan fingerprint density at radius 1 is 1.19 bits per heavy atom. The zero-order chi connectivity index (χ0) is 19.2. The molecule has 0 spiro atoms. The Bertz CT molecular complexity index is 799. The molecule has 144 valence electrons. The summed E-state index contributed by atoms with van der Waals surface area (Å²) in [5, 5.41) is 3.30. The second-order valence-electron chi connectivity index (χ2n) is 6.40. The molecule has 1 amide bonds. The Balaban J connectivity index is 1.59. The summed E-state index contributed by atoms with van der Waals surface area (Å²) < 4.78 is 11.3. The summed E-state index contributed by atoms with van der Waals surface area (Å²) in [6, 6.07) is 11.8. The second kappa shape index (κ2) is 9.35. The minimum atomic E-state index is -0.130. The van der Waals surface area contributed by atoms with Crippen LogP contribution in [0.3, 0.4) is 0 Å². The van der Waals surface area contributed by atoms with E-state index in [4.69, 9.17) is 21.1 Å². The largest absolute Gasteiger partial charge is 0.490 e. The lowest BCUT2D eigenvalue weighted by atomic mass is 10.2. The van der Waals surface area contributed by atoms with Crippen molar-refractivity contribution in [3.63, 3.8) is 0 Å². The normalized spacial score (nSPS) is 13.3. The van der Waals surface area contributed by atoms with E-state index in [1.165, 1.54) is 4.90 Å². The number of likely N-dealkylation sites (N-methyl/N-ethyl adjacent to an activating group) is 1. The number of halogens is 1. The lowest BCUT2D eigenvalue weighted by molar-refractivity contribution is -0.117. The van der Waals surface area contributed by atoms with E-state index in [-0.39, 0.29) is 12.5 Å². The molecule has 0 unspecified atom stereocenters. The molecule has 0 aromatic heterocycles. The molecule has 0 fully saturated rings. The molecule has 5 nitrogen and oxygen atoms in total. The van der Waals surface area contributed by atoms with Crippen LogP contribution in [0.25, 0.3) is 0 Å². The standard InChI is InChI=1S/C20H23ClN2O3S/c1-23(12-14-4-6-15(27-2)7-5-14)13-20(24)22-17-11-19-18(10-16(17)21)25-8-3-9-26-19/h4-7,10-11H,3,8-9,12-13H2,1-2H3,(H,22,24). The van der Waals surface area contributed by atoms with Gasteiger partial charge < -0.3 is 14.8 Å². The number of hydrogen-bond donors (Lipinski definition) is 1. The Hall–Kier alpha value is -1.89. The molecule has 1 aliphatic heterocycles. The number of nitrogens with one attached hydrogen (secondary N) is 1. The van der Waals surface area contributed by atoms with Crippen molar-refractivity contribution in [1.29, 1.82) is 0 Å². The van der Waals surface area contributed by atoms with E-state index >= 15 is 0 Å². The highest BCUT2D eigenvalue weighted by molar-refractivity contribution is 7.98. The molecule has 0 atom stereocenters. The molecule has 2 aromatic carbocycles. The van der Waals surface area contributed by atoms with Gasteiger partial charge >= 0.3 is 0 Å². The molecular formula is C20H23ClN2O3S. The predicted octanol–water partition coefficient (Wildman–Crippen LogP) is 4.29. The van der Waals surface area contributed by atoms with Crippen LogP contribution >= 0.6 is 23.4 Å². The molecule has 1 N–H and O–H groups in total.